The highest BCUT2D eigenvalue weighted by Crippen LogP contribution is 2.20. The van der Waals surface area contributed by atoms with Gasteiger partial charge in [-0.15, -0.1) is 11.8 Å². The Morgan fingerprint density at radius 1 is 1.35 bits per heavy atom. The molecule has 0 radical (unpaired) electrons. The molecule has 0 bridgehead atoms. The van der Waals surface area contributed by atoms with E-state index in [2.05, 4.69) is 6.07 Å². The van der Waals surface area contributed by atoms with Crippen molar-refractivity contribution in [2.75, 3.05) is 17.3 Å². The van der Waals surface area contributed by atoms with Crippen molar-refractivity contribution < 1.29 is 8.42 Å². The van der Waals surface area contributed by atoms with Crippen molar-refractivity contribution in [3.05, 3.63) is 29.8 Å². The second-order valence-electron chi connectivity index (χ2n) is 3.79. The Labute approximate surface area is 108 Å². The zero-order valence-electron chi connectivity index (χ0n) is 10.1. The molecule has 17 heavy (non-hydrogen) atoms. The molecule has 5 heteroatoms. The van der Waals surface area contributed by atoms with Crippen LogP contribution >= 0.6 is 11.8 Å². The van der Waals surface area contributed by atoms with E-state index in [1.54, 1.807) is 18.7 Å². The SMILES string of the molecule is CCS(=O)(=O)CCCSc1cccc(CN)c1. The molecule has 1 rings (SSSR count). The lowest BCUT2D eigenvalue weighted by Gasteiger charge is -2.04. The third-order valence-electron chi connectivity index (χ3n) is 2.44. The summed E-state index contributed by atoms with van der Waals surface area (Å²) >= 11 is 1.68. The molecule has 0 atom stereocenters. The van der Waals surface area contributed by atoms with Crippen LogP contribution in [0.25, 0.3) is 0 Å². The Morgan fingerprint density at radius 3 is 2.76 bits per heavy atom. The van der Waals surface area contributed by atoms with Crippen LogP contribution in [0.3, 0.4) is 0 Å². The van der Waals surface area contributed by atoms with Gasteiger partial charge < -0.3 is 5.73 Å². The molecule has 1 aromatic rings. The minimum Gasteiger partial charge on any atom is -0.326 e. The number of rotatable bonds is 7. The van der Waals surface area contributed by atoms with E-state index >= 15 is 0 Å². The van der Waals surface area contributed by atoms with Crippen molar-refractivity contribution in [3.63, 3.8) is 0 Å². The zero-order valence-corrected chi connectivity index (χ0v) is 11.7. The standard InChI is InChI=1S/C12H19NO2S2/c1-2-17(14,15)8-4-7-16-12-6-3-5-11(9-12)10-13/h3,5-6,9H,2,4,7-8,10,13H2,1H3. The van der Waals surface area contributed by atoms with Gasteiger partial charge in [-0.25, -0.2) is 8.42 Å². The summed E-state index contributed by atoms with van der Waals surface area (Å²) in [5.74, 6) is 1.35. The molecule has 1 aromatic carbocycles. The van der Waals surface area contributed by atoms with Crippen LogP contribution in [0.1, 0.15) is 18.9 Å². The first-order chi connectivity index (χ1) is 8.07. The molecular formula is C12H19NO2S2. The van der Waals surface area contributed by atoms with Crippen LogP contribution in [0.2, 0.25) is 0 Å². The van der Waals surface area contributed by atoms with Gasteiger partial charge in [0, 0.05) is 17.2 Å². The topological polar surface area (TPSA) is 60.2 Å². The Balaban J connectivity index is 2.36. The minimum atomic E-state index is -2.82. The van der Waals surface area contributed by atoms with E-state index in [-0.39, 0.29) is 11.5 Å². The number of sulfone groups is 1. The summed E-state index contributed by atoms with van der Waals surface area (Å²) in [7, 11) is -2.82. The first-order valence-electron chi connectivity index (χ1n) is 5.69. The summed E-state index contributed by atoms with van der Waals surface area (Å²) in [6.45, 7) is 2.23. The third kappa shape index (κ3) is 5.57. The summed E-state index contributed by atoms with van der Waals surface area (Å²) in [6.07, 6.45) is 0.702. The van der Waals surface area contributed by atoms with Crippen molar-refractivity contribution in [3.8, 4) is 0 Å². The third-order valence-corrected chi connectivity index (χ3v) is 5.31. The Hall–Kier alpha value is -0.520. The summed E-state index contributed by atoms with van der Waals surface area (Å²) in [5, 5.41) is 0. The molecule has 0 saturated carbocycles. The molecule has 0 spiro atoms. The predicted molar refractivity (Wildman–Crippen MR) is 74.0 cm³/mol. The molecule has 0 aliphatic carbocycles. The van der Waals surface area contributed by atoms with Crippen LogP contribution in [0, 0.1) is 0 Å². The van der Waals surface area contributed by atoms with Gasteiger partial charge in [0.1, 0.15) is 9.84 Å². The second-order valence-corrected chi connectivity index (χ2v) is 7.43. The van der Waals surface area contributed by atoms with Crippen LogP contribution in [0.5, 0.6) is 0 Å². The first-order valence-corrected chi connectivity index (χ1v) is 8.50. The fraction of sp³-hybridized carbons (Fsp3) is 0.500. The summed E-state index contributed by atoms with van der Waals surface area (Å²) in [6, 6.07) is 8.05. The van der Waals surface area contributed by atoms with Crippen LogP contribution in [-0.2, 0) is 16.4 Å². The average molecular weight is 273 g/mol. The van der Waals surface area contributed by atoms with Gasteiger partial charge in [0.25, 0.3) is 0 Å². The van der Waals surface area contributed by atoms with Gasteiger partial charge in [-0.05, 0) is 29.9 Å². The van der Waals surface area contributed by atoms with Crippen LogP contribution in [-0.4, -0.2) is 25.7 Å². The van der Waals surface area contributed by atoms with Gasteiger partial charge in [-0.2, -0.15) is 0 Å². The molecule has 2 N–H and O–H groups in total. The highest BCUT2D eigenvalue weighted by atomic mass is 32.2. The van der Waals surface area contributed by atoms with Gasteiger partial charge >= 0.3 is 0 Å². The molecular weight excluding hydrogens is 254 g/mol. The van der Waals surface area contributed by atoms with Crippen LogP contribution in [0.15, 0.2) is 29.2 Å². The van der Waals surface area contributed by atoms with E-state index < -0.39 is 9.84 Å². The van der Waals surface area contributed by atoms with Gasteiger partial charge in [-0.3, -0.25) is 0 Å². The molecule has 0 saturated heterocycles. The normalized spacial score (nSPS) is 11.6. The molecule has 0 unspecified atom stereocenters. The van der Waals surface area contributed by atoms with E-state index in [1.807, 2.05) is 18.2 Å². The number of hydrogen-bond acceptors (Lipinski definition) is 4. The van der Waals surface area contributed by atoms with Crippen molar-refractivity contribution in [2.24, 2.45) is 5.73 Å². The maximum Gasteiger partial charge on any atom is 0.150 e. The quantitative estimate of drug-likeness (QED) is 0.610. The fourth-order valence-electron chi connectivity index (χ4n) is 1.38. The zero-order chi connectivity index (χ0) is 12.7. The van der Waals surface area contributed by atoms with Crippen molar-refractivity contribution in [2.45, 2.75) is 24.8 Å². The number of hydrogen-bond donors (Lipinski definition) is 1. The van der Waals surface area contributed by atoms with Crippen molar-refractivity contribution in [1.82, 2.24) is 0 Å². The number of thioether (sulfide) groups is 1. The van der Waals surface area contributed by atoms with E-state index in [4.69, 9.17) is 5.73 Å². The van der Waals surface area contributed by atoms with E-state index in [1.165, 1.54) is 0 Å². The lowest BCUT2D eigenvalue weighted by Crippen LogP contribution is -2.09. The molecule has 96 valence electrons. The van der Waals surface area contributed by atoms with Gasteiger partial charge in [0.05, 0.1) is 5.75 Å². The lowest BCUT2D eigenvalue weighted by atomic mass is 10.2. The molecule has 0 aromatic heterocycles. The molecule has 0 aliphatic heterocycles. The summed E-state index contributed by atoms with van der Waals surface area (Å²) < 4.78 is 22.6. The highest BCUT2D eigenvalue weighted by molar-refractivity contribution is 7.99. The number of nitrogens with two attached hydrogens (primary N) is 1. The first kappa shape index (κ1) is 14.5. The Kier molecular flexibility index (Phi) is 6.02. The summed E-state index contributed by atoms with van der Waals surface area (Å²) in [4.78, 5) is 1.15. The fourth-order valence-corrected chi connectivity index (χ4v) is 3.36. The number of benzene rings is 1. The average Bonchev–Trinajstić information content (AvgIpc) is 2.35. The highest BCUT2D eigenvalue weighted by Gasteiger charge is 2.06. The molecule has 0 amide bonds. The Morgan fingerprint density at radius 2 is 2.12 bits per heavy atom. The monoisotopic (exact) mass is 273 g/mol. The maximum atomic E-state index is 11.3. The molecule has 0 fully saturated rings. The molecule has 0 heterocycles. The largest absolute Gasteiger partial charge is 0.326 e. The second kappa shape index (κ2) is 7.03. The maximum absolute atomic E-state index is 11.3. The van der Waals surface area contributed by atoms with Gasteiger partial charge in [0.15, 0.2) is 0 Å². The molecule has 0 aliphatic rings. The Bertz CT molecular complexity index is 444. The van der Waals surface area contributed by atoms with E-state index in [0.29, 0.717) is 13.0 Å². The van der Waals surface area contributed by atoms with Crippen molar-refractivity contribution >= 4 is 21.6 Å². The van der Waals surface area contributed by atoms with E-state index in [0.717, 1.165) is 16.2 Å². The van der Waals surface area contributed by atoms with Crippen LogP contribution in [0.4, 0.5) is 0 Å². The van der Waals surface area contributed by atoms with Gasteiger partial charge in [0.2, 0.25) is 0 Å². The molecule has 3 nitrogen and oxygen atoms in total. The van der Waals surface area contributed by atoms with Crippen molar-refractivity contribution in [1.29, 1.82) is 0 Å². The summed E-state index contributed by atoms with van der Waals surface area (Å²) in [5.41, 5.74) is 6.67. The van der Waals surface area contributed by atoms with Gasteiger partial charge in [-0.1, -0.05) is 19.1 Å². The van der Waals surface area contributed by atoms with E-state index in [9.17, 15) is 8.42 Å². The smallest absolute Gasteiger partial charge is 0.150 e. The predicted octanol–water partition coefficient (Wildman–Crippen LogP) is 2.06. The lowest BCUT2D eigenvalue weighted by molar-refractivity contribution is 0.596. The van der Waals surface area contributed by atoms with Crippen LogP contribution < -0.4 is 5.73 Å². The minimum absolute atomic E-state index is 0.236.